The molecule has 25 heavy (non-hydrogen) atoms. The molecule has 0 saturated carbocycles. The van der Waals surface area contributed by atoms with Crippen molar-refractivity contribution in [3.05, 3.63) is 58.6 Å². The van der Waals surface area contributed by atoms with Crippen LogP contribution in [0, 0.1) is 10.1 Å². The number of hydrogen-bond acceptors (Lipinski definition) is 6. The molecule has 2 rings (SSSR count). The number of benzene rings is 2. The maximum Gasteiger partial charge on any atom is 0.321 e. The van der Waals surface area contributed by atoms with Gasteiger partial charge < -0.3 is 4.74 Å². The van der Waals surface area contributed by atoms with Crippen molar-refractivity contribution >= 4 is 21.7 Å². The number of para-hydroxylation sites is 1. The van der Waals surface area contributed by atoms with Gasteiger partial charge >= 0.3 is 5.97 Å². The molecule has 2 aromatic rings. The molecule has 9 heteroatoms. The average Bonchev–Trinajstić information content (AvgIpc) is 2.61. The fraction of sp³-hybridized carbons (Fsp3) is 0.188. The summed E-state index contributed by atoms with van der Waals surface area (Å²) in [6.45, 7) is -0.412. The number of carbonyl (C=O) groups excluding carboxylic acids is 1. The van der Waals surface area contributed by atoms with Crippen LogP contribution in [-0.2, 0) is 19.6 Å². The second kappa shape index (κ2) is 7.41. The van der Waals surface area contributed by atoms with Gasteiger partial charge in [0.2, 0.25) is 10.0 Å². The van der Waals surface area contributed by atoms with E-state index in [2.05, 4.69) is 4.74 Å². The summed E-state index contributed by atoms with van der Waals surface area (Å²) in [4.78, 5) is 21.8. The summed E-state index contributed by atoms with van der Waals surface area (Å²) in [5.41, 5.74) is 0.835. The van der Waals surface area contributed by atoms with Crippen LogP contribution in [0.2, 0.25) is 0 Å². The van der Waals surface area contributed by atoms with Gasteiger partial charge in [-0.05, 0) is 23.8 Å². The Hall–Kier alpha value is -2.78. The highest BCUT2D eigenvalue weighted by atomic mass is 32.2. The Kier molecular flexibility index (Phi) is 5.50. The van der Waals surface area contributed by atoms with Crippen LogP contribution in [0.1, 0.15) is 0 Å². The van der Waals surface area contributed by atoms with E-state index < -0.39 is 27.5 Å². The van der Waals surface area contributed by atoms with E-state index in [0.717, 1.165) is 4.31 Å². The first-order chi connectivity index (χ1) is 11.8. The van der Waals surface area contributed by atoms with E-state index in [0.29, 0.717) is 11.1 Å². The van der Waals surface area contributed by atoms with E-state index in [9.17, 15) is 23.3 Å². The number of nitrogens with zero attached hydrogens (tertiary/aromatic N) is 2. The fourth-order valence-electron chi connectivity index (χ4n) is 2.19. The molecule has 0 aliphatic heterocycles. The number of ether oxygens (including phenoxy) is 1. The quantitative estimate of drug-likeness (QED) is 0.441. The molecule has 0 atom stereocenters. The second-order valence-corrected chi connectivity index (χ2v) is 7.18. The third-order valence-electron chi connectivity index (χ3n) is 3.55. The number of hydrogen-bond donors (Lipinski definition) is 0. The monoisotopic (exact) mass is 364 g/mol. The minimum absolute atomic E-state index is 0.0266. The number of carbonyl (C=O) groups is 1. The molecule has 0 heterocycles. The number of sulfonamides is 1. The summed E-state index contributed by atoms with van der Waals surface area (Å²) in [5.74, 6) is -0.678. The number of likely N-dealkylation sites (N-methyl/N-ethyl adjacent to an activating group) is 1. The lowest BCUT2D eigenvalue weighted by Gasteiger charge is -2.16. The van der Waals surface area contributed by atoms with Crippen LogP contribution in [0.25, 0.3) is 11.1 Å². The van der Waals surface area contributed by atoms with Crippen molar-refractivity contribution < 1.29 is 22.9 Å². The van der Waals surface area contributed by atoms with E-state index in [-0.39, 0.29) is 10.6 Å². The number of methoxy groups -OCH3 is 1. The summed E-state index contributed by atoms with van der Waals surface area (Å²) < 4.78 is 30.2. The normalized spacial score (nSPS) is 11.3. The van der Waals surface area contributed by atoms with Crippen LogP contribution < -0.4 is 0 Å². The molecule has 0 saturated heterocycles. The molecule has 0 aliphatic carbocycles. The summed E-state index contributed by atoms with van der Waals surface area (Å²) in [5, 5.41) is 11.1. The van der Waals surface area contributed by atoms with Crippen molar-refractivity contribution in [1.82, 2.24) is 4.31 Å². The van der Waals surface area contributed by atoms with E-state index in [1.165, 1.54) is 44.5 Å². The molecular formula is C16H16N2O6S. The summed E-state index contributed by atoms with van der Waals surface area (Å²) in [6, 6.07) is 11.8. The van der Waals surface area contributed by atoms with Gasteiger partial charge in [0, 0.05) is 13.1 Å². The minimum Gasteiger partial charge on any atom is -0.468 e. The third kappa shape index (κ3) is 4.01. The Balaban J connectivity index is 2.34. The van der Waals surface area contributed by atoms with E-state index in [4.69, 9.17) is 0 Å². The van der Waals surface area contributed by atoms with Crippen molar-refractivity contribution in [2.45, 2.75) is 4.90 Å². The highest BCUT2D eigenvalue weighted by molar-refractivity contribution is 7.89. The Morgan fingerprint density at radius 2 is 1.76 bits per heavy atom. The highest BCUT2D eigenvalue weighted by Crippen LogP contribution is 2.30. The van der Waals surface area contributed by atoms with Crippen molar-refractivity contribution in [2.24, 2.45) is 0 Å². The van der Waals surface area contributed by atoms with Gasteiger partial charge in [0.15, 0.2) is 0 Å². The molecule has 0 unspecified atom stereocenters. The Morgan fingerprint density at radius 1 is 1.16 bits per heavy atom. The topological polar surface area (TPSA) is 107 Å². The zero-order valence-electron chi connectivity index (χ0n) is 13.6. The van der Waals surface area contributed by atoms with Crippen molar-refractivity contribution in [1.29, 1.82) is 0 Å². The Labute approximate surface area is 144 Å². The van der Waals surface area contributed by atoms with Gasteiger partial charge in [-0.25, -0.2) is 8.42 Å². The van der Waals surface area contributed by atoms with Gasteiger partial charge in [0.25, 0.3) is 5.69 Å². The maximum absolute atomic E-state index is 12.4. The molecule has 0 aliphatic rings. The van der Waals surface area contributed by atoms with Gasteiger partial charge in [0.05, 0.1) is 22.5 Å². The zero-order valence-corrected chi connectivity index (χ0v) is 14.4. The Morgan fingerprint density at radius 3 is 2.32 bits per heavy atom. The maximum atomic E-state index is 12.4. The predicted molar refractivity (Wildman–Crippen MR) is 90.4 cm³/mol. The molecule has 132 valence electrons. The van der Waals surface area contributed by atoms with Crippen LogP contribution in [0.4, 0.5) is 5.69 Å². The van der Waals surface area contributed by atoms with Gasteiger partial charge in [0.1, 0.15) is 6.54 Å². The number of esters is 1. The average molecular weight is 364 g/mol. The lowest BCUT2D eigenvalue weighted by molar-refractivity contribution is -0.384. The van der Waals surface area contributed by atoms with Crippen molar-refractivity contribution in [3.63, 3.8) is 0 Å². The third-order valence-corrected chi connectivity index (χ3v) is 5.37. The van der Waals surface area contributed by atoms with Gasteiger partial charge in [-0.1, -0.05) is 24.3 Å². The first-order valence-electron chi connectivity index (χ1n) is 7.14. The lowest BCUT2D eigenvalue weighted by Crippen LogP contribution is -2.32. The minimum atomic E-state index is -3.87. The molecule has 8 nitrogen and oxygen atoms in total. The lowest BCUT2D eigenvalue weighted by atomic mass is 10.0. The molecule has 0 bridgehead atoms. The zero-order chi connectivity index (χ0) is 18.6. The number of nitro benzene ring substituents is 1. The largest absolute Gasteiger partial charge is 0.468 e. The van der Waals surface area contributed by atoms with E-state index in [1.807, 2.05) is 0 Å². The number of nitro groups is 1. The van der Waals surface area contributed by atoms with Gasteiger partial charge in [-0.15, -0.1) is 0 Å². The molecule has 0 N–H and O–H groups in total. The molecule has 0 amide bonds. The summed E-state index contributed by atoms with van der Waals surface area (Å²) in [7, 11) is -1.43. The molecule has 0 radical (unpaired) electrons. The van der Waals surface area contributed by atoms with Crippen molar-refractivity contribution in [2.75, 3.05) is 20.7 Å². The summed E-state index contributed by atoms with van der Waals surface area (Å²) in [6.07, 6.45) is 0. The molecule has 2 aromatic carbocycles. The number of rotatable bonds is 6. The smallest absolute Gasteiger partial charge is 0.321 e. The van der Waals surface area contributed by atoms with E-state index in [1.54, 1.807) is 18.2 Å². The standard InChI is InChI=1S/C16H16N2O6S/c1-17(11-16(19)24-2)25(22,23)13-9-7-12(8-10-13)14-5-3-4-6-15(14)18(20)21/h3-10H,11H2,1-2H3. The molecular weight excluding hydrogens is 348 g/mol. The van der Waals surface area contributed by atoms with Crippen molar-refractivity contribution in [3.8, 4) is 11.1 Å². The van der Waals surface area contributed by atoms with E-state index >= 15 is 0 Å². The molecule has 0 fully saturated rings. The van der Waals surface area contributed by atoms with Crippen LogP contribution >= 0.6 is 0 Å². The summed E-state index contributed by atoms with van der Waals surface area (Å²) >= 11 is 0. The SMILES string of the molecule is COC(=O)CN(C)S(=O)(=O)c1ccc(-c2ccccc2[N+](=O)[O-])cc1. The van der Waals surface area contributed by atoms with Crippen LogP contribution in [-0.4, -0.2) is 44.3 Å². The van der Waals surface area contributed by atoms with Crippen LogP contribution in [0.15, 0.2) is 53.4 Å². The highest BCUT2D eigenvalue weighted by Gasteiger charge is 2.23. The Bertz CT molecular complexity index is 893. The predicted octanol–water partition coefficient (Wildman–Crippen LogP) is 2.06. The second-order valence-electron chi connectivity index (χ2n) is 5.14. The fourth-order valence-corrected chi connectivity index (χ4v) is 3.31. The van der Waals surface area contributed by atoms with Crippen LogP contribution in [0.3, 0.4) is 0 Å². The molecule has 0 spiro atoms. The van der Waals surface area contributed by atoms with Gasteiger partial charge in [-0.3, -0.25) is 14.9 Å². The van der Waals surface area contributed by atoms with Crippen LogP contribution in [0.5, 0.6) is 0 Å². The molecule has 0 aromatic heterocycles. The first kappa shape index (κ1) is 18.6. The van der Waals surface area contributed by atoms with Gasteiger partial charge in [-0.2, -0.15) is 4.31 Å². The first-order valence-corrected chi connectivity index (χ1v) is 8.58.